The van der Waals surface area contributed by atoms with Gasteiger partial charge in [0.15, 0.2) is 11.5 Å². The fraction of sp³-hybridized carbons (Fsp3) is 0.219. The highest BCUT2D eigenvalue weighted by Crippen LogP contribution is 2.33. The zero-order chi connectivity index (χ0) is 32.2. The van der Waals surface area contributed by atoms with E-state index in [0.29, 0.717) is 45.0 Å². The van der Waals surface area contributed by atoms with E-state index in [1.54, 1.807) is 66.7 Å². The molecule has 10 nitrogen and oxygen atoms in total. The maximum absolute atomic E-state index is 13.6. The van der Waals surface area contributed by atoms with Gasteiger partial charge in [-0.05, 0) is 54.6 Å². The van der Waals surface area contributed by atoms with Gasteiger partial charge in [0, 0.05) is 33.2 Å². The first-order valence-electron chi connectivity index (χ1n) is 14.0. The molecule has 1 unspecified atom stereocenters. The molecule has 0 bridgehead atoms. The van der Waals surface area contributed by atoms with Gasteiger partial charge in [0.05, 0.1) is 19.5 Å². The summed E-state index contributed by atoms with van der Waals surface area (Å²) in [5.41, 5.74) is 1.41. The minimum atomic E-state index is -0.548. The van der Waals surface area contributed by atoms with E-state index in [0.717, 1.165) is 22.2 Å². The first-order chi connectivity index (χ1) is 21.8. The average Bonchev–Trinajstić information content (AvgIpc) is 3.50. The second kappa shape index (κ2) is 16.7. The molecule has 1 atom stereocenters. The summed E-state index contributed by atoms with van der Waals surface area (Å²) in [5, 5.41) is 9.17. The Kier molecular flexibility index (Phi) is 12.4. The maximum atomic E-state index is 13.6. The zero-order valence-electron chi connectivity index (χ0n) is 25.2. The van der Waals surface area contributed by atoms with E-state index in [4.69, 9.17) is 9.47 Å². The van der Waals surface area contributed by atoms with Gasteiger partial charge in [-0.3, -0.25) is 19.7 Å². The van der Waals surface area contributed by atoms with Crippen LogP contribution in [0.3, 0.4) is 0 Å². The van der Waals surface area contributed by atoms with Crippen molar-refractivity contribution < 1.29 is 23.9 Å². The SMILES string of the molecule is CCSc1nsc(NC(=O)C(CC)Sc2cccc(NC(=O)/C(=C\c3cccc(OC)c3OC)NC(=O)c3ccccc3)c2)n1. The third-order valence-corrected chi connectivity index (χ3v) is 9.04. The number of aromatic nitrogens is 2. The molecule has 1 heterocycles. The Morgan fingerprint density at radius 2 is 1.73 bits per heavy atom. The lowest BCUT2D eigenvalue weighted by Gasteiger charge is -2.15. The summed E-state index contributed by atoms with van der Waals surface area (Å²) in [4.78, 5) is 44.9. The number of hydrogen-bond donors (Lipinski definition) is 3. The second-order valence-corrected chi connectivity index (χ2v) is 12.5. The average molecular weight is 664 g/mol. The predicted octanol–water partition coefficient (Wildman–Crippen LogP) is 6.59. The quantitative estimate of drug-likeness (QED) is 0.101. The number of nitrogens with one attached hydrogen (secondary N) is 3. The van der Waals surface area contributed by atoms with Crippen molar-refractivity contribution in [1.82, 2.24) is 14.7 Å². The van der Waals surface area contributed by atoms with E-state index in [-0.39, 0.29) is 11.6 Å². The molecular formula is C32H33N5O5S3. The Labute approximate surface area is 274 Å². The van der Waals surface area contributed by atoms with Gasteiger partial charge in [-0.1, -0.05) is 62.0 Å². The number of carbonyl (C=O) groups excluding carboxylic acids is 3. The Hall–Kier alpha value is -4.33. The number of nitrogens with zero attached hydrogens (tertiary/aromatic N) is 2. The third-order valence-electron chi connectivity index (χ3n) is 6.21. The first kappa shape index (κ1) is 33.6. The molecule has 0 fully saturated rings. The number of thioether (sulfide) groups is 2. The summed E-state index contributed by atoms with van der Waals surface area (Å²) >= 11 is 4.04. The molecule has 0 saturated carbocycles. The third kappa shape index (κ3) is 9.33. The van der Waals surface area contributed by atoms with Crippen molar-refractivity contribution in [3.63, 3.8) is 0 Å². The summed E-state index contributed by atoms with van der Waals surface area (Å²) in [6.07, 6.45) is 2.11. The molecule has 0 saturated heterocycles. The Morgan fingerprint density at radius 3 is 2.44 bits per heavy atom. The maximum Gasteiger partial charge on any atom is 0.272 e. The molecule has 4 aromatic rings. The Morgan fingerprint density at radius 1 is 0.956 bits per heavy atom. The van der Waals surface area contributed by atoms with Crippen molar-refractivity contribution in [1.29, 1.82) is 0 Å². The van der Waals surface area contributed by atoms with Crippen molar-refractivity contribution in [3.8, 4) is 11.5 Å². The highest BCUT2D eigenvalue weighted by molar-refractivity contribution is 8.00. The first-order valence-corrected chi connectivity index (χ1v) is 16.6. The van der Waals surface area contributed by atoms with Crippen LogP contribution in [-0.4, -0.2) is 52.3 Å². The van der Waals surface area contributed by atoms with Gasteiger partial charge in [-0.15, -0.1) is 11.8 Å². The fourth-order valence-electron chi connectivity index (χ4n) is 4.09. The van der Waals surface area contributed by atoms with Crippen molar-refractivity contribution in [2.24, 2.45) is 0 Å². The van der Waals surface area contributed by atoms with Crippen LogP contribution in [0.4, 0.5) is 10.8 Å². The molecule has 13 heteroatoms. The molecule has 0 aliphatic rings. The Balaban J connectivity index is 1.54. The molecule has 3 aromatic carbocycles. The molecule has 1 aromatic heterocycles. The van der Waals surface area contributed by atoms with Crippen LogP contribution in [0.15, 0.2) is 88.5 Å². The van der Waals surface area contributed by atoms with Crippen LogP contribution in [0.1, 0.15) is 36.2 Å². The van der Waals surface area contributed by atoms with E-state index in [9.17, 15) is 14.4 Å². The number of carbonyl (C=O) groups is 3. The molecule has 0 aliphatic heterocycles. The van der Waals surface area contributed by atoms with Crippen LogP contribution in [-0.2, 0) is 9.59 Å². The summed E-state index contributed by atoms with van der Waals surface area (Å²) in [6.45, 7) is 3.95. The highest BCUT2D eigenvalue weighted by Gasteiger charge is 2.21. The molecule has 0 aliphatic carbocycles. The van der Waals surface area contributed by atoms with Gasteiger partial charge < -0.3 is 20.1 Å². The van der Waals surface area contributed by atoms with Gasteiger partial charge in [0.1, 0.15) is 5.70 Å². The number of methoxy groups -OCH3 is 2. The molecule has 234 valence electrons. The number of ether oxygens (including phenoxy) is 2. The minimum Gasteiger partial charge on any atom is -0.493 e. The summed E-state index contributed by atoms with van der Waals surface area (Å²) < 4.78 is 15.2. The van der Waals surface area contributed by atoms with Gasteiger partial charge in [0.25, 0.3) is 11.8 Å². The molecule has 3 amide bonds. The lowest BCUT2D eigenvalue weighted by molar-refractivity contribution is -0.116. The van der Waals surface area contributed by atoms with E-state index in [1.165, 1.54) is 43.8 Å². The zero-order valence-corrected chi connectivity index (χ0v) is 27.6. The summed E-state index contributed by atoms with van der Waals surface area (Å²) in [7, 11) is 3.02. The van der Waals surface area contributed by atoms with Gasteiger partial charge in [0.2, 0.25) is 16.2 Å². The van der Waals surface area contributed by atoms with Crippen molar-refractivity contribution in [2.45, 2.75) is 35.6 Å². The van der Waals surface area contributed by atoms with E-state index >= 15 is 0 Å². The topological polar surface area (TPSA) is 132 Å². The van der Waals surface area contributed by atoms with Gasteiger partial charge >= 0.3 is 0 Å². The van der Waals surface area contributed by atoms with Gasteiger partial charge in [-0.25, -0.2) is 0 Å². The molecule has 45 heavy (non-hydrogen) atoms. The van der Waals surface area contributed by atoms with Crippen LogP contribution in [0.5, 0.6) is 11.5 Å². The molecule has 3 N–H and O–H groups in total. The second-order valence-electron chi connectivity index (χ2n) is 9.26. The van der Waals surface area contributed by atoms with Crippen LogP contribution < -0.4 is 25.4 Å². The normalized spacial score (nSPS) is 11.8. The lowest BCUT2D eigenvalue weighted by Crippen LogP contribution is -2.30. The van der Waals surface area contributed by atoms with E-state index in [2.05, 4.69) is 25.3 Å². The molecular weight excluding hydrogens is 631 g/mol. The van der Waals surface area contributed by atoms with Crippen molar-refractivity contribution in [3.05, 3.63) is 89.6 Å². The number of anilines is 2. The van der Waals surface area contributed by atoms with Crippen molar-refractivity contribution >= 4 is 69.7 Å². The van der Waals surface area contributed by atoms with Crippen LogP contribution in [0.2, 0.25) is 0 Å². The van der Waals surface area contributed by atoms with Crippen LogP contribution in [0.25, 0.3) is 6.08 Å². The lowest BCUT2D eigenvalue weighted by atomic mass is 10.1. The fourth-order valence-corrected chi connectivity index (χ4v) is 6.38. The standard InChI is InChI=1S/C32H33N5O5S3/c1-5-26(30(40)35-31-36-32(37-45-31)43-6-2)44-23-16-11-15-22(19-23)33-29(39)24(34-28(38)20-12-8-7-9-13-20)18-21-14-10-17-25(41-3)27(21)42-4/h7-19,26H,5-6H2,1-4H3,(H,33,39)(H,34,38)(H,35,36,37,40)/b24-18+. The Bertz CT molecular complexity index is 1660. The number of amides is 3. The van der Waals surface area contributed by atoms with Crippen molar-refractivity contribution in [2.75, 3.05) is 30.6 Å². The minimum absolute atomic E-state index is 0.00284. The highest BCUT2D eigenvalue weighted by atomic mass is 32.2. The van der Waals surface area contributed by atoms with E-state index in [1.807, 2.05) is 19.9 Å². The van der Waals surface area contributed by atoms with Gasteiger partial charge in [-0.2, -0.15) is 9.36 Å². The van der Waals surface area contributed by atoms with Crippen LogP contribution >= 0.6 is 35.1 Å². The summed E-state index contributed by atoms with van der Waals surface area (Å²) in [6, 6.07) is 21.0. The number of para-hydroxylation sites is 1. The van der Waals surface area contributed by atoms with Crippen LogP contribution in [0, 0.1) is 0 Å². The number of rotatable bonds is 14. The number of hydrogen-bond acceptors (Lipinski definition) is 10. The number of benzene rings is 3. The summed E-state index contributed by atoms with van der Waals surface area (Å²) in [5.74, 6) is 0.559. The predicted molar refractivity (Wildman–Crippen MR) is 181 cm³/mol. The molecule has 0 radical (unpaired) electrons. The molecule has 0 spiro atoms. The van der Waals surface area contributed by atoms with E-state index < -0.39 is 17.1 Å². The monoisotopic (exact) mass is 663 g/mol. The molecule has 4 rings (SSSR count). The smallest absolute Gasteiger partial charge is 0.272 e. The largest absolute Gasteiger partial charge is 0.493 e.